The minimum Gasteiger partial charge on any atom is -0.475 e. The van der Waals surface area contributed by atoms with Crippen LogP contribution in [0.1, 0.15) is 10.6 Å². The molecule has 0 saturated carbocycles. The normalized spacial score (nSPS) is 10.2. The van der Waals surface area contributed by atoms with Gasteiger partial charge in [-0.25, -0.2) is 9.18 Å². The lowest BCUT2D eigenvalue weighted by Gasteiger charge is -1.92. The number of carbonyl (C=O) groups is 1. The van der Waals surface area contributed by atoms with Crippen molar-refractivity contribution >= 4 is 5.97 Å². The summed E-state index contributed by atoms with van der Waals surface area (Å²) in [6.45, 7) is 0. The molecule has 0 bridgehead atoms. The molecule has 0 aliphatic carbocycles. The van der Waals surface area contributed by atoms with Gasteiger partial charge in [-0.3, -0.25) is 4.98 Å². The van der Waals surface area contributed by atoms with E-state index in [4.69, 9.17) is 5.11 Å². The number of rotatable bonds is 2. The van der Waals surface area contributed by atoms with Crippen LogP contribution in [0.25, 0.3) is 11.3 Å². The molecule has 76 valence electrons. The molecule has 0 saturated heterocycles. The summed E-state index contributed by atoms with van der Waals surface area (Å²) in [5.74, 6) is -2.04. The third-order valence-electron chi connectivity index (χ3n) is 1.72. The average Bonchev–Trinajstić information content (AvgIpc) is 2.66. The van der Waals surface area contributed by atoms with E-state index in [-0.39, 0.29) is 11.5 Å². The second-order valence-electron chi connectivity index (χ2n) is 2.77. The topological polar surface area (TPSA) is 76.2 Å². The Morgan fingerprint density at radius 2 is 2.20 bits per heavy atom. The van der Waals surface area contributed by atoms with Gasteiger partial charge < -0.3 is 9.63 Å². The summed E-state index contributed by atoms with van der Waals surface area (Å²) in [5.41, 5.74) is 0.602. The van der Waals surface area contributed by atoms with Crippen molar-refractivity contribution in [1.82, 2.24) is 10.1 Å². The van der Waals surface area contributed by atoms with Gasteiger partial charge in [0.15, 0.2) is 0 Å². The van der Waals surface area contributed by atoms with Crippen molar-refractivity contribution in [2.75, 3.05) is 0 Å². The fourth-order valence-electron chi connectivity index (χ4n) is 1.06. The molecular formula is C9H5FN2O3. The van der Waals surface area contributed by atoms with Crippen LogP contribution in [-0.2, 0) is 0 Å². The highest BCUT2D eigenvalue weighted by Gasteiger charge is 2.12. The van der Waals surface area contributed by atoms with E-state index >= 15 is 0 Å². The molecule has 0 fully saturated rings. The number of halogens is 1. The number of aromatic nitrogens is 2. The lowest BCUT2D eigenvalue weighted by Crippen LogP contribution is -1.91. The van der Waals surface area contributed by atoms with Gasteiger partial charge in [0.1, 0.15) is 11.5 Å². The van der Waals surface area contributed by atoms with Gasteiger partial charge in [-0.1, -0.05) is 5.16 Å². The smallest absolute Gasteiger partial charge is 0.374 e. The zero-order valence-corrected chi connectivity index (χ0v) is 7.35. The minimum atomic E-state index is -1.22. The van der Waals surface area contributed by atoms with Gasteiger partial charge in [-0.05, 0) is 6.07 Å². The molecule has 2 rings (SSSR count). The van der Waals surface area contributed by atoms with Crippen LogP contribution in [0.5, 0.6) is 0 Å². The highest BCUT2D eigenvalue weighted by Crippen LogP contribution is 2.18. The van der Waals surface area contributed by atoms with E-state index < -0.39 is 11.8 Å². The first kappa shape index (κ1) is 9.32. The number of hydrogen-bond donors (Lipinski definition) is 1. The van der Waals surface area contributed by atoms with E-state index in [1.807, 2.05) is 0 Å². The van der Waals surface area contributed by atoms with Gasteiger partial charge in [0.2, 0.25) is 5.76 Å². The predicted octanol–water partition coefficient (Wildman–Crippen LogP) is 1.57. The maximum Gasteiger partial charge on any atom is 0.374 e. The molecule has 2 heterocycles. The van der Waals surface area contributed by atoms with Crippen molar-refractivity contribution in [3.8, 4) is 11.3 Å². The van der Waals surface area contributed by atoms with Crippen LogP contribution < -0.4 is 0 Å². The van der Waals surface area contributed by atoms with Crippen LogP contribution in [-0.4, -0.2) is 21.2 Å². The van der Waals surface area contributed by atoms with Crippen molar-refractivity contribution in [1.29, 1.82) is 0 Å². The number of carboxylic acids is 1. The molecule has 0 atom stereocenters. The number of nitrogens with zero attached hydrogens (tertiary/aromatic N) is 2. The van der Waals surface area contributed by atoms with Gasteiger partial charge >= 0.3 is 5.97 Å². The van der Waals surface area contributed by atoms with Crippen LogP contribution in [0, 0.1) is 5.82 Å². The molecular weight excluding hydrogens is 203 g/mol. The zero-order chi connectivity index (χ0) is 10.8. The largest absolute Gasteiger partial charge is 0.475 e. The van der Waals surface area contributed by atoms with E-state index in [1.54, 1.807) is 0 Å². The first-order valence-corrected chi connectivity index (χ1v) is 3.98. The standard InChI is InChI=1S/C9H5FN2O3/c10-6-1-5(3-11-4-6)7-2-8(9(13)14)15-12-7/h1-4H,(H,13,14). The van der Waals surface area contributed by atoms with E-state index in [9.17, 15) is 9.18 Å². The zero-order valence-electron chi connectivity index (χ0n) is 7.35. The Morgan fingerprint density at radius 1 is 1.40 bits per heavy atom. The Morgan fingerprint density at radius 3 is 2.80 bits per heavy atom. The minimum absolute atomic E-state index is 0.236. The van der Waals surface area contributed by atoms with E-state index in [2.05, 4.69) is 14.7 Å². The molecule has 6 heteroatoms. The fraction of sp³-hybridized carbons (Fsp3) is 0. The summed E-state index contributed by atoms with van der Waals surface area (Å²) in [4.78, 5) is 14.1. The number of carboxylic acid groups (broad SMARTS) is 1. The first-order chi connectivity index (χ1) is 7.16. The van der Waals surface area contributed by atoms with Gasteiger partial charge in [-0.2, -0.15) is 0 Å². The molecule has 15 heavy (non-hydrogen) atoms. The SMILES string of the molecule is O=C(O)c1cc(-c2cncc(F)c2)no1. The number of pyridine rings is 1. The van der Waals surface area contributed by atoms with Gasteiger partial charge in [0, 0.05) is 17.8 Å². The van der Waals surface area contributed by atoms with Crippen molar-refractivity contribution in [2.45, 2.75) is 0 Å². The van der Waals surface area contributed by atoms with Crippen LogP contribution >= 0.6 is 0 Å². The molecule has 0 amide bonds. The maximum atomic E-state index is 12.8. The molecule has 0 aliphatic rings. The summed E-state index contributed by atoms with van der Waals surface area (Å²) in [7, 11) is 0. The predicted molar refractivity (Wildman–Crippen MR) is 46.7 cm³/mol. The molecule has 2 aromatic rings. The van der Waals surface area contributed by atoms with Crippen LogP contribution in [0.2, 0.25) is 0 Å². The Bertz CT molecular complexity index is 510. The second-order valence-corrected chi connectivity index (χ2v) is 2.77. The van der Waals surface area contributed by atoms with Crippen LogP contribution in [0.3, 0.4) is 0 Å². The molecule has 0 aromatic carbocycles. The quantitative estimate of drug-likeness (QED) is 0.810. The molecule has 0 aliphatic heterocycles. The van der Waals surface area contributed by atoms with E-state index in [1.165, 1.54) is 18.3 Å². The van der Waals surface area contributed by atoms with Gasteiger partial charge in [0.05, 0.1) is 6.20 Å². The lowest BCUT2D eigenvalue weighted by atomic mass is 10.2. The van der Waals surface area contributed by atoms with E-state index in [0.717, 1.165) is 6.20 Å². The van der Waals surface area contributed by atoms with Crippen LogP contribution in [0.4, 0.5) is 4.39 Å². The second kappa shape index (κ2) is 3.49. The molecule has 1 N–H and O–H groups in total. The lowest BCUT2D eigenvalue weighted by molar-refractivity contribution is 0.0652. The van der Waals surface area contributed by atoms with Gasteiger partial charge in [-0.15, -0.1) is 0 Å². The average molecular weight is 208 g/mol. The molecule has 2 aromatic heterocycles. The Kier molecular flexibility index (Phi) is 2.17. The fourth-order valence-corrected chi connectivity index (χ4v) is 1.06. The molecule has 5 nitrogen and oxygen atoms in total. The molecule has 0 radical (unpaired) electrons. The number of hydrogen-bond acceptors (Lipinski definition) is 4. The summed E-state index contributed by atoms with van der Waals surface area (Å²) in [5, 5.41) is 12.1. The van der Waals surface area contributed by atoms with Gasteiger partial charge in [0.25, 0.3) is 0 Å². The Balaban J connectivity index is 2.41. The van der Waals surface area contributed by atoms with Crippen molar-refractivity contribution in [2.24, 2.45) is 0 Å². The number of aromatic carboxylic acids is 1. The third kappa shape index (κ3) is 1.83. The van der Waals surface area contributed by atoms with Crippen molar-refractivity contribution in [3.05, 3.63) is 36.1 Å². The summed E-state index contributed by atoms with van der Waals surface area (Å²) in [6.07, 6.45) is 2.41. The van der Waals surface area contributed by atoms with Crippen LogP contribution in [0.15, 0.2) is 29.0 Å². The molecule has 0 spiro atoms. The highest BCUT2D eigenvalue weighted by molar-refractivity contribution is 5.85. The highest BCUT2D eigenvalue weighted by atomic mass is 19.1. The Hall–Kier alpha value is -2.24. The molecule has 0 unspecified atom stereocenters. The summed E-state index contributed by atoms with van der Waals surface area (Å²) >= 11 is 0. The third-order valence-corrected chi connectivity index (χ3v) is 1.72. The Labute approximate surface area is 83.2 Å². The van der Waals surface area contributed by atoms with Crippen molar-refractivity contribution in [3.63, 3.8) is 0 Å². The van der Waals surface area contributed by atoms with E-state index in [0.29, 0.717) is 5.56 Å². The monoisotopic (exact) mass is 208 g/mol. The summed E-state index contributed by atoms with van der Waals surface area (Å²) < 4.78 is 17.3. The van der Waals surface area contributed by atoms with Crippen molar-refractivity contribution < 1.29 is 18.8 Å². The maximum absolute atomic E-state index is 12.8. The first-order valence-electron chi connectivity index (χ1n) is 3.98. The summed E-state index contributed by atoms with van der Waals surface area (Å²) in [6, 6.07) is 2.40.